The van der Waals surface area contributed by atoms with Gasteiger partial charge in [0.2, 0.25) is 10.0 Å². The lowest BCUT2D eigenvalue weighted by Crippen LogP contribution is -2.26. The first-order valence-corrected chi connectivity index (χ1v) is 7.78. The zero-order valence-electron chi connectivity index (χ0n) is 10.5. The van der Waals surface area contributed by atoms with Crippen LogP contribution in [0, 0.1) is 0 Å². The average Bonchev–Trinajstić information content (AvgIpc) is 2.27. The van der Waals surface area contributed by atoms with E-state index < -0.39 is 10.0 Å². The van der Waals surface area contributed by atoms with Gasteiger partial charge in [0.1, 0.15) is 0 Å². The molecule has 0 saturated heterocycles. The number of hydrogen-bond acceptors (Lipinski definition) is 4. The summed E-state index contributed by atoms with van der Waals surface area (Å²) >= 11 is 5.83. The third-order valence-electron chi connectivity index (χ3n) is 2.15. The van der Waals surface area contributed by atoms with Gasteiger partial charge in [0.15, 0.2) is 5.82 Å². The topological polar surface area (TPSA) is 71.1 Å². The van der Waals surface area contributed by atoms with E-state index in [2.05, 4.69) is 15.0 Å². The Labute approximate surface area is 113 Å². The summed E-state index contributed by atoms with van der Waals surface area (Å²) in [6.07, 6.45) is 2.03. The third kappa shape index (κ3) is 5.66. The fraction of sp³-hybridized carbons (Fsp3) is 0.545. The molecular formula is C11H18ClN3O2S. The van der Waals surface area contributed by atoms with Gasteiger partial charge in [-0.1, -0.05) is 25.4 Å². The SMILES string of the molecule is CC(C)NCCCS(=O)(=O)Nc1ncccc1Cl. The quantitative estimate of drug-likeness (QED) is 0.752. The number of nitrogens with one attached hydrogen (secondary N) is 2. The molecule has 0 atom stereocenters. The van der Waals surface area contributed by atoms with E-state index in [1.807, 2.05) is 13.8 Å². The maximum absolute atomic E-state index is 11.8. The first-order chi connectivity index (χ1) is 8.41. The summed E-state index contributed by atoms with van der Waals surface area (Å²) in [5, 5.41) is 3.45. The lowest BCUT2D eigenvalue weighted by molar-refractivity contribution is 0.571. The van der Waals surface area contributed by atoms with Crippen LogP contribution in [0.2, 0.25) is 5.02 Å². The normalized spacial score (nSPS) is 11.8. The van der Waals surface area contributed by atoms with E-state index in [-0.39, 0.29) is 11.6 Å². The summed E-state index contributed by atoms with van der Waals surface area (Å²) in [4.78, 5) is 3.88. The maximum atomic E-state index is 11.8. The van der Waals surface area contributed by atoms with Gasteiger partial charge in [0.05, 0.1) is 10.8 Å². The molecule has 0 amide bonds. The van der Waals surface area contributed by atoms with Crippen LogP contribution in [-0.2, 0) is 10.0 Å². The highest BCUT2D eigenvalue weighted by atomic mass is 35.5. The molecule has 1 aromatic rings. The number of rotatable bonds is 7. The molecule has 7 heteroatoms. The molecule has 102 valence electrons. The number of pyridine rings is 1. The van der Waals surface area contributed by atoms with Crippen LogP contribution in [0.4, 0.5) is 5.82 Å². The minimum Gasteiger partial charge on any atom is -0.314 e. The molecule has 1 heterocycles. The van der Waals surface area contributed by atoms with Gasteiger partial charge in [0, 0.05) is 12.2 Å². The van der Waals surface area contributed by atoms with E-state index >= 15 is 0 Å². The molecule has 18 heavy (non-hydrogen) atoms. The molecule has 5 nitrogen and oxygen atoms in total. The Morgan fingerprint density at radius 3 is 2.78 bits per heavy atom. The Bertz CT molecular complexity index is 477. The molecular weight excluding hydrogens is 274 g/mol. The van der Waals surface area contributed by atoms with Gasteiger partial charge >= 0.3 is 0 Å². The van der Waals surface area contributed by atoms with E-state index in [1.165, 1.54) is 6.20 Å². The number of hydrogen-bond donors (Lipinski definition) is 2. The van der Waals surface area contributed by atoms with Gasteiger partial charge in [-0.3, -0.25) is 4.72 Å². The number of aromatic nitrogens is 1. The van der Waals surface area contributed by atoms with Crippen LogP contribution in [0.1, 0.15) is 20.3 Å². The molecule has 2 N–H and O–H groups in total. The van der Waals surface area contributed by atoms with E-state index in [9.17, 15) is 8.42 Å². The Kier molecular flexibility index (Phi) is 5.84. The molecule has 0 unspecified atom stereocenters. The van der Waals surface area contributed by atoms with E-state index in [4.69, 9.17) is 11.6 Å². The summed E-state index contributed by atoms with van der Waals surface area (Å²) in [6, 6.07) is 3.59. The van der Waals surface area contributed by atoms with Crippen molar-refractivity contribution in [3.8, 4) is 0 Å². The van der Waals surface area contributed by atoms with E-state index in [1.54, 1.807) is 12.1 Å². The van der Waals surface area contributed by atoms with Crippen molar-refractivity contribution >= 4 is 27.4 Å². The van der Waals surface area contributed by atoms with Crippen LogP contribution in [0.5, 0.6) is 0 Å². The molecule has 0 aliphatic heterocycles. The molecule has 0 fully saturated rings. The van der Waals surface area contributed by atoms with Gasteiger partial charge in [0.25, 0.3) is 0 Å². The standard InChI is InChI=1S/C11H18ClN3O2S/c1-9(2)13-7-4-8-18(16,17)15-11-10(12)5-3-6-14-11/h3,5-6,9,13H,4,7-8H2,1-2H3,(H,14,15). The first-order valence-electron chi connectivity index (χ1n) is 5.75. The van der Waals surface area contributed by atoms with Crippen molar-refractivity contribution in [2.45, 2.75) is 26.3 Å². The molecule has 1 aromatic heterocycles. The molecule has 0 aliphatic rings. The number of anilines is 1. The van der Waals surface area contributed by atoms with Crippen LogP contribution in [-0.4, -0.2) is 31.7 Å². The molecule has 0 radical (unpaired) electrons. The van der Waals surface area contributed by atoms with Crippen LogP contribution < -0.4 is 10.0 Å². The van der Waals surface area contributed by atoms with Gasteiger partial charge in [-0.15, -0.1) is 0 Å². The summed E-state index contributed by atoms with van der Waals surface area (Å²) in [5.41, 5.74) is 0. The Balaban J connectivity index is 2.48. The van der Waals surface area contributed by atoms with Gasteiger partial charge < -0.3 is 5.32 Å². The molecule has 0 aliphatic carbocycles. The predicted octanol–water partition coefficient (Wildman–Crippen LogP) is 1.86. The summed E-state index contributed by atoms with van der Waals surface area (Å²) < 4.78 is 25.9. The molecule has 0 aromatic carbocycles. The highest BCUT2D eigenvalue weighted by Gasteiger charge is 2.12. The largest absolute Gasteiger partial charge is 0.314 e. The second-order valence-electron chi connectivity index (χ2n) is 4.22. The highest BCUT2D eigenvalue weighted by molar-refractivity contribution is 7.92. The van der Waals surface area contributed by atoms with Crippen molar-refractivity contribution in [1.82, 2.24) is 10.3 Å². The Morgan fingerprint density at radius 2 is 2.17 bits per heavy atom. The Hall–Kier alpha value is -0.850. The number of nitrogens with zero attached hydrogens (tertiary/aromatic N) is 1. The van der Waals surface area contributed by atoms with Crippen molar-refractivity contribution < 1.29 is 8.42 Å². The smallest absolute Gasteiger partial charge is 0.233 e. The third-order valence-corrected chi connectivity index (χ3v) is 3.79. The van der Waals surface area contributed by atoms with Crippen molar-refractivity contribution in [3.63, 3.8) is 0 Å². The molecule has 0 saturated carbocycles. The van der Waals surface area contributed by atoms with Crippen molar-refractivity contribution in [2.24, 2.45) is 0 Å². The van der Waals surface area contributed by atoms with E-state index in [0.717, 1.165) is 0 Å². The second-order valence-corrected chi connectivity index (χ2v) is 6.47. The highest BCUT2D eigenvalue weighted by Crippen LogP contribution is 2.18. The average molecular weight is 292 g/mol. The van der Waals surface area contributed by atoms with Gasteiger partial charge in [-0.2, -0.15) is 0 Å². The van der Waals surface area contributed by atoms with Crippen LogP contribution in [0.25, 0.3) is 0 Å². The van der Waals surface area contributed by atoms with Crippen molar-refractivity contribution in [3.05, 3.63) is 23.4 Å². The lowest BCUT2D eigenvalue weighted by atomic mass is 10.4. The Morgan fingerprint density at radius 1 is 1.44 bits per heavy atom. The number of sulfonamides is 1. The summed E-state index contributed by atoms with van der Waals surface area (Å²) in [7, 11) is -3.39. The summed E-state index contributed by atoms with van der Waals surface area (Å²) in [5.74, 6) is 0.218. The van der Waals surface area contributed by atoms with E-state index in [0.29, 0.717) is 24.0 Å². The summed E-state index contributed by atoms with van der Waals surface area (Å²) in [6.45, 7) is 4.69. The maximum Gasteiger partial charge on any atom is 0.233 e. The molecule has 1 rings (SSSR count). The fourth-order valence-electron chi connectivity index (χ4n) is 1.31. The van der Waals surface area contributed by atoms with Crippen molar-refractivity contribution in [1.29, 1.82) is 0 Å². The number of halogens is 1. The minimum absolute atomic E-state index is 0.0413. The van der Waals surface area contributed by atoms with Crippen LogP contribution in [0.3, 0.4) is 0 Å². The van der Waals surface area contributed by atoms with Gasteiger partial charge in [-0.05, 0) is 25.1 Å². The lowest BCUT2D eigenvalue weighted by Gasteiger charge is -2.10. The predicted molar refractivity (Wildman–Crippen MR) is 74.4 cm³/mol. The van der Waals surface area contributed by atoms with Gasteiger partial charge in [-0.25, -0.2) is 13.4 Å². The fourth-order valence-corrected chi connectivity index (χ4v) is 2.62. The minimum atomic E-state index is -3.39. The van der Waals surface area contributed by atoms with Crippen molar-refractivity contribution in [2.75, 3.05) is 17.0 Å². The molecule has 0 spiro atoms. The zero-order chi connectivity index (χ0) is 13.6. The van der Waals surface area contributed by atoms with Crippen LogP contribution >= 0.6 is 11.6 Å². The zero-order valence-corrected chi connectivity index (χ0v) is 12.1. The second kappa shape index (κ2) is 6.92. The first kappa shape index (κ1) is 15.2. The monoisotopic (exact) mass is 291 g/mol. The molecule has 0 bridgehead atoms. The van der Waals surface area contributed by atoms with Crippen LogP contribution in [0.15, 0.2) is 18.3 Å².